The van der Waals surface area contributed by atoms with E-state index in [1.807, 2.05) is 14.1 Å². The quantitative estimate of drug-likeness (QED) is 0.176. The van der Waals surface area contributed by atoms with Gasteiger partial charge in [0.15, 0.2) is 0 Å². The summed E-state index contributed by atoms with van der Waals surface area (Å²) < 4.78 is 2.71. The molecule has 5 rings (SSSR count). The van der Waals surface area contributed by atoms with Crippen LogP contribution in [0.1, 0.15) is 25.7 Å². The number of fused-ring (bicyclic) bond motifs is 3. The number of quaternary nitrogens is 2. The molecule has 0 spiro atoms. The van der Waals surface area contributed by atoms with Crippen LogP contribution < -0.4 is 0 Å². The van der Waals surface area contributed by atoms with Gasteiger partial charge in [-0.05, 0) is 14.1 Å². The molecule has 4 heterocycles. The molecule has 0 unspecified atom stereocenters. The van der Waals surface area contributed by atoms with Crippen LogP contribution in [0.4, 0.5) is 0 Å². The molecule has 0 aromatic rings. The van der Waals surface area contributed by atoms with Crippen molar-refractivity contribution in [1.82, 2.24) is 9.80 Å². The van der Waals surface area contributed by atoms with Gasteiger partial charge >= 0.3 is 0 Å². The Hall–Kier alpha value is 10.7. The Labute approximate surface area is 585 Å². The summed E-state index contributed by atoms with van der Waals surface area (Å²) in [6.45, 7) is 15.2. The van der Waals surface area contributed by atoms with E-state index in [-0.39, 0.29) is 387 Å². The van der Waals surface area contributed by atoms with E-state index < -0.39 is 0 Å². The average Bonchev–Trinajstić information content (AvgIpc) is 2.86. The van der Waals surface area contributed by atoms with Gasteiger partial charge in [0.1, 0.15) is 39.3 Å². The zero-order valence-electron chi connectivity index (χ0n) is 37.8. The van der Waals surface area contributed by atoms with Crippen LogP contribution in [0.3, 0.4) is 0 Å². The van der Waals surface area contributed by atoms with Gasteiger partial charge < -0.3 is 99.4 Å². The van der Waals surface area contributed by atoms with Crippen LogP contribution >= 0.6 is 0 Å². The van der Waals surface area contributed by atoms with Gasteiger partial charge in [-0.3, -0.25) is 0 Å². The molecule has 5 aliphatic rings. The molecule has 2 atom stereocenters. The number of nitrogens with zero attached hydrogens (tertiary/aromatic N) is 8. The van der Waals surface area contributed by atoms with Crippen molar-refractivity contribution in [3.8, 4) is 0 Å². The Morgan fingerprint density at radius 1 is 0.423 bits per heavy atom. The first-order valence-corrected chi connectivity index (χ1v) is 13.5. The molecule has 5 fully saturated rings. The first-order chi connectivity index (χ1) is 16.2. The van der Waals surface area contributed by atoms with Crippen LogP contribution in [0.2, 0.25) is 0 Å². The molecule has 10 radical (unpaired) electrons. The molecule has 298 valence electrons. The third kappa shape index (κ3) is 60.7. The zero-order valence-corrected chi connectivity index (χ0v) is 66.2. The second-order valence-electron chi connectivity index (χ2n) is 11.2. The summed E-state index contributed by atoms with van der Waals surface area (Å²) in [6, 6.07) is 1.05. The van der Waals surface area contributed by atoms with E-state index in [4.69, 9.17) is 0 Å². The van der Waals surface area contributed by atoms with Gasteiger partial charge in [-0.15, -0.1) is 0 Å². The van der Waals surface area contributed by atoms with E-state index in [0.717, 1.165) is 13.1 Å². The number of likely N-dealkylation sites (N-methyl/N-ethyl adjacent to an activating group) is 8. The van der Waals surface area contributed by atoms with Crippen LogP contribution in [0.5, 0.6) is 0 Å². The van der Waals surface area contributed by atoms with Crippen LogP contribution in [-0.4, -0.2) is 166 Å². The van der Waals surface area contributed by atoms with Crippen molar-refractivity contribution in [1.29, 1.82) is 0 Å². The maximum atomic E-state index is 4.31. The summed E-state index contributed by atoms with van der Waals surface area (Å²) in [5.41, 5.74) is 0. The van der Waals surface area contributed by atoms with Crippen molar-refractivity contribution < 1.29 is 336 Å². The Bertz CT molecular complexity index is 466. The predicted molar refractivity (Wildman–Crippen MR) is 201 cm³/mol. The molecule has 4 saturated heterocycles. The molecule has 2 bridgehead atoms. The molecule has 8 nitrogen and oxygen atoms in total. The van der Waals surface area contributed by atoms with Gasteiger partial charge in [0.2, 0.25) is 0 Å². The van der Waals surface area contributed by atoms with Crippen molar-refractivity contribution in [3.05, 3.63) is 80.7 Å². The molecule has 0 N–H and O–H groups in total. The molecule has 4 aliphatic heterocycles. The van der Waals surface area contributed by atoms with Crippen LogP contribution in [-0.2, 0) is 327 Å². The van der Waals surface area contributed by atoms with E-state index in [0.29, 0.717) is 12.1 Å². The Morgan fingerprint density at radius 2 is 0.615 bits per heavy atom. The molecule has 18 heteroatoms. The fourth-order valence-electron chi connectivity index (χ4n) is 4.92. The van der Waals surface area contributed by atoms with Crippen molar-refractivity contribution in [2.24, 2.45) is 0 Å². The molecule has 1 saturated carbocycles. The normalized spacial score (nSPS) is 21.9. The Kier molecular flexibility index (Phi) is 175. The maximum Gasteiger partial charge on any atom is 0.129 e. The van der Waals surface area contributed by atoms with E-state index in [1.165, 1.54) is 100 Å². The van der Waals surface area contributed by atoms with Crippen molar-refractivity contribution >= 4 is 0 Å². The fraction of sp³-hybridized carbons (Fsp3) is 0.765. The minimum absolute atomic E-state index is 0. The second kappa shape index (κ2) is 76.0. The van der Waals surface area contributed by atoms with E-state index in [2.05, 4.69) is 59.3 Å². The van der Waals surface area contributed by atoms with Gasteiger partial charge in [0.25, 0.3) is 0 Å². The fourth-order valence-corrected chi connectivity index (χ4v) is 4.92. The van der Waals surface area contributed by atoms with Gasteiger partial charge in [0, 0.05) is 353 Å². The molecule has 1 aliphatic carbocycles. The van der Waals surface area contributed by atoms with Gasteiger partial charge in [-0.1, -0.05) is 25.7 Å². The number of rotatable bonds is 5. The van der Waals surface area contributed by atoms with E-state index in [1.54, 1.807) is 14.1 Å². The maximum absolute atomic E-state index is 4.31. The summed E-state index contributed by atoms with van der Waals surface area (Å²) in [5.74, 6) is 0. The van der Waals surface area contributed by atoms with Crippen LogP contribution in [0.15, 0.2) is 0 Å². The minimum atomic E-state index is 0. The third-order valence-electron chi connectivity index (χ3n) is 8.17. The van der Waals surface area contributed by atoms with E-state index >= 15 is 0 Å². The molecular weight excluding hydrogens is 1410 g/mol. The van der Waals surface area contributed by atoms with E-state index in [9.17, 15) is 0 Å². The second-order valence-corrected chi connectivity index (χ2v) is 11.2. The smallest absolute Gasteiger partial charge is 0.129 e. The Morgan fingerprint density at radius 3 is 0.769 bits per heavy atom. The van der Waals surface area contributed by atoms with Crippen molar-refractivity contribution in [2.75, 3.05) is 135 Å². The van der Waals surface area contributed by atoms with Crippen LogP contribution in [0.25, 0.3) is 21.3 Å². The zero-order chi connectivity index (χ0) is 25.5. The molecule has 0 amide bonds. The SMILES string of the molecule is CN1CCN(C)CC1.C[N+]12CC[N+](C)(CC1)CC2.C[N-]CC[N-]C.C[N-][C@H]1CCCC[C@@H]1[N-]C.[CH3-].[CH3-].[CH3-].[CH3-].[CH3-].[CH3-].[CH3-].[CH3-].[Y].[Y].[Y].[Y].[Y].[Y].[Y].[Y].[Y].[Y]. The molecule has 0 aromatic carbocycles. The summed E-state index contributed by atoms with van der Waals surface area (Å²) in [5, 5.41) is 16.3. The molecular formula is C34H82N8Y10-10. The minimum Gasteiger partial charge on any atom is -0.666 e. The number of hydrogen-bond acceptors (Lipinski definition) is 2. The first-order valence-electron chi connectivity index (χ1n) is 13.5. The average molecular weight is 1490 g/mol. The van der Waals surface area contributed by atoms with Gasteiger partial charge in [-0.25, -0.2) is 0 Å². The predicted octanol–water partition coefficient (Wildman–Crippen LogP) is 6.65. The number of piperazine rings is 4. The summed E-state index contributed by atoms with van der Waals surface area (Å²) in [7, 11) is 16.6. The third-order valence-corrected chi connectivity index (χ3v) is 8.17. The molecule has 52 heavy (non-hydrogen) atoms. The van der Waals surface area contributed by atoms with Crippen molar-refractivity contribution in [2.45, 2.75) is 37.8 Å². The van der Waals surface area contributed by atoms with Gasteiger partial charge in [-0.2, -0.15) is 53.4 Å². The standard InChI is InChI=1S/C8H18N2.C8H16N2.C6H14N2.C4H10N2.8CH3.10Y/c1-9-3-6-10(2,7-4-9)8-5-9;1-9-7-5-3-4-6-8(7)10-2;1-7-3-5-8(2)6-4-7;1-5-3-4-6-2;;;;;;;;;;;;;;;;;;/h3-8H2,1-2H3;7-8H,3-6H2,1-2H3;3-6H2,1-2H3;3-4H2,1-2H3;8*1H3;;;;;;;;;;/q+2;-2;;-2;8*-1;;;;;;;;;;/t;7-,8-;;;;;;;;;;;;;;;;;;;;/m.0..................../s1. The first kappa shape index (κ1) is 119. The topological polar surface area (TPSA) is 62.9 Å². The monoisotopic (exact) mass is 1490 g/mol. The van der Waals surface area contributed by atoms with Crippen LogP contribution in [0, 0.1) is 59.4 Å². The molecule has 0 aromatic heterocycles. The van der Waals surface area contributed by atoms with Gasteiger partial charge in [0.05, 0.1) is 14.1 Å². The summed E-state index contributed by atoms with van der Waals surface area (Å²) in [6.07, 6.45) is 5.18. The summed E-state index contributed by atoms with van der Waals surface area (Å²) in [4.78, 5) is 4.72. The van der Waals surface area contributed by atoms with Crippen molar-refractivity contribution in [3.63, 3.8) is 0 Å². The number of hydrogen-bond donors (Lipinski definition) is 0. The Balaban J connectivity index is -0.0000000168. The summed E-state index contributed by atoms with van der Waals surface area (Å²) >= 11 is 0. The largest absolute Gasteiger partial charge is 0.666 e.